The number of ether oxygens (including phenoxy) is 2. The number of rotatable bonds is 11. The molecule has 1 saturated heterocycles. The van der Waals surface area contributed by atoms with Crippen molar-refractivity contribution in [3.05, 3.63) is 72.3 Å². The highest BCUT2D eigenvalue weighted by Gasteiger charge is 2.50. The first-order valence-corrected chi connectivity index (χ1v) is 12.8. The number of benzene rings is 2. The monoisotopic (exact) mass is 474 g/mol. The van der Waals surface area contributed by atoms with E-state index >= 15 is 0 Å². The topological polar surface area (TPSA) is 69.7 Å². The van der Waals surface area contributed by atoms with Gasteiger partial charge < -0.3 is 9.47 Å². The Morgan fingerprint density at radius 3 is 2.43 bits per heavy atom. The number of ketones is 1. The molecule has 4 atom stereocenters. The predicted molar refractivity (Wildman–Crippen MR) is 135 cm³/mol. The molecule has 1 aliphatic carbocycles. The van der Waals surface area contributed by atoms with Gasteiger partial charge in [-0.2, -0.15) is 0 Å². The summed E-state index contributed by atoms with van der Waals surface area (Å²) in [5.74, 6) is -0.808. The average molecular weight is 475 g/mol. The molecule has 5 nitrogen and oxygen atoms in total. The van der Waals surface area contributed by atoms with Gasteiger partial charge in [-0.25, -0.2) is 4.79 Å². The molecule has 5 heteroatoms. The van der Waals surface area contributed by atoms with Crippen LogP contribution in [0.25, 0.3) is 11.1 Å². The van der Waals surface area contributed by atoms with Crippen molar-refractivity contribution in [1.82, 2.24) is 0 Å². The molecule has 2 aromatic carbocycles. The summed E-state index contributed by atoms with van der Waals surface area (Å²) in [5.41, 5.74) is 2.58. The minimum Gasteiger partial charge on any atom is -0.462 e. The standard InChI is InChI=1S/C30H34O5/c1-2-3-4-5-9-12-24(31)17-18-25-26-19-29(32)34-28(26)20-27(25)35-30(33)23-15-13-22(14-16-23)21-10-7-6-8-11-21/h6-8,10-11,13-18,25-28H,2-5,9,12,19-20H2,1H3/t25-,26+,27?,28+/m1/s1. The molecule has 0 aromatic heterocycles. The fourth-order valence-corrected chi connectivity index (χ4v) is 5.13. The van der Waals surface area contributed by atoms with Gasteiger partial charge in [0.2, 0.25) is 0 Å². The van der Waals surface area contributed by atoms with E-state index in [1.165, 1.54) is 12.8 Å². The van der Waals surface area contributed by atoms with Crippen molar-refractivity contribution in [3.8, 4) is 11.1 Å². The summed E-state index contributed by atoms with van der Waals surface area (Å²) in [4.78, 5) is 37.2. The first-order valence-electron chi connectivity index (χ1n) is 12.8. The van der Waals surface area contributed by atoms with Crippen molar-refractivity contribution in [3.63, 3.8) is 0 Å². The van der Waals surface area contributed by atoms with Crippen molar-refractivity contribution in [2.45, 2.75) is 70.5 Å². The number of hydrogen-bond acceptors (Lipinski definition) is 5. The van der Waals surface area contributed by atoms with E-state index < -0.39 is 12.1 Å². The minimum atomic E-state index is -0.423. The SMILES string of the molecule is CCCCCCCC(=O)C=C[C@H]1C(OC(=O)c2ccc(-c3ccccc3)cc2)C[C@@H]2OC(=O)C[C@H]21. The van der Waals surface area contributed by atoms with Crippen LogP contribution in [-0.2, 0) is 19.1 Å². The smallest absolute Gasteiger partial charge is 0.338 e. The first kappa shape index (κ1) is 24.9. The summed E-state index contributed by atoms with van der Waals surface area (Å²) in [7, 11) is 0. The Morgan fingerprint density at radius 1 is 0.971 bits per heavy atom. The second kappa shape index (κ2) is 12.0. The lowest BCUT2D eigenvalue weighted by Crippen LogP contribution is -2.25. The summed E-state index contributed by atoms with van der Waals surface area (Å²) in [5, 5.41) is 0. The molecule has 1 unspecified atom stereocenters. The number of fused-ring (bicyclic) bond motifs is 1. The van der Waals surface area contributed by atoms with Gasteiger partial charge in [0.15, 0.2) is 5.78 Å². The molecule has 35 heavy (non-hydrogen) atoms. The van der Waals surface area contributed by atoms with E-state index in [1.807, 2.05) is 48.5 Å². The molecule has 2 aliphatic rings. The third kappa shape index (κ3) is 6.47. The number of carbonyl (C=O) groups is 3. The van der Waals surface area contributed by atoms with Crippen molar-refractivity contribution < 1.29 is 23.9 Å². The fourth-order valence-electron chi connectivity index (χ4n) is 5.13. The molecule has 1 heterocycles. The molecule has 0 radical (unpaired) electrons. The lowest BCUT2D eigenvalue weighted by Gasteiger charge is -2.20. The van der Waals surface area contributed by atoms with Gasteiger partial charge in [0.25, 0.3) is 0 Å². The highest BCUT2D eigenvalue weighted by Crippen LogP contribution is 2.43. The van der Waals surface area contributed by atoms with Gasteiger partial charge in [0.1, 0.15) is 12.2 Å². The van der Waals surface area contributed by atoms with Gasteiger partial charge in [0.05, 0.1) is 12.0 Å². The van der Waals surface area contributed by atoms with Crippen LogP contribution in [0, 0.1) is 11.8 Å². The molecule has 2 fully saturated rings. The van der Waals surface area contributed by atoms with Gasteiger partial charge in [-0.15, -0.1) is 0 Å². The van der Waals surface area contributed by atoms with Crippen LogP contribution in [0.4, 0.5) is 0 Å². The van der Waals surface area contributed by atoms with Crippen LogP contribution in [0.2, 0.25) is 0 Å². The number of esters is 2. The van der Waals surface area contributed by atoms with Gasteiger partial charge in [0, 0.05) is 24.7 Å². The first-order chi connectivity index (χ1) is 17.0. The van der Waals surface area contributed by atoms with Crippen molar-refractivity contribution in [2.75, 3.05) is 0 Å². The van der Waals surface area contributed by atoms with Crippen LogP contribution in [0.15, 0.2) is 66.7 Å². The van der Waals surface area contributed by atoms with Crippen LogP contribution in [0.5, 0.6) is 0 Å². The van der Waals surface area contributed by atoms with E-state index in [2.05, 4.69) is 6.92 Å². The van der Waals surface area contributed by atoms with E-state index in [9.17, 15) is 14.4 Å². The van der Waals surface area contributed by atoms with E-state index in [4.69, 9.17) is 9.47 Å². The molecule has 1 saturated carbocycles. The highest BCUT2D eigenvalue weighted by molar-refractivity contribution is 5.91. The maximum Gasteiger partial charge on any atom is 0.338 e. The second-order valence-electron chi connectivity index (χ2n) is 9.59. The largest absolute Gasteiger partial charge is 0.462 e. The molecular formula is C30H34O5. The number of allylic oxidation sites excluding steroid dienone is 1. The lowest BCUT2D eigenvalue weighted by molar-refractivity contribution is -0.141. The predicted octanol–water partition coefficient (Wildman–Crippen LogP) is 6.32. The molecule has 0 N–H and O–H groups in total. The zero-order chi connectivity index (χ0) is 24.6. The molecule has 0 spiro atoms. The third-order valence-electron chi connectivity index (χ3n) is 7.07. The fraction of sp³-hybridized carbons (Fsp3) is 0.433. The zero-order valence-electron chi connectivity index (χ0n) is 20.4. The Hall–Kier alpha value is -3.21. The van der Waals surface area contributed by atoms with E-state index in [0.717, 1.165) is 30.4 Å². The quantitative estimate of drug-likeness (QED) is 0.217. The summed E-state index contributed by atoms with van der Waals surface area (Å²) in [6.07, 6.45) is 9.54. The van der Waals surface area contributed by atoms with E-state index in [-0.39, 0.29) is 29.7 Å². The Labute approximate surface area is 207 Å². The van der Waals surface area contributed by atoms with Gasteiger partial charge in [-0.05, 0) is 35.8 Å². The second-order valence-corrected chi connectivity index (χ2v) is 9.59. The molecular weight excluding hydrogens is 440 g/mol. The zero-order valence-corrected chi connectivity index (χ0v) is 20.4. The van der Waals surface area contributed by atoms with Crippen molar-refractivity contribution in [1.29, 1.82) is 0 Å². The van der Waals surface area contributed by atoms with Crippen LogP contribution < -0.4 is 0 Å². The Balaban J connectivity index is 1.38. The maximum absolute atomic E-state index is 12.9. The van der Waals surface area contributed by atoms with E-state index in [1.54, 1.807) is 18.2 Å². The van der Waals surface area contributed by atoms with E-state index in [0.29, 0.717) is 24.8 Å². The summed E-state index contributed by atoms with van der Waals surface area (Å²) >= 11 is 0. The normalized spacial score (nSPS) is 23.3. The lowest BCUT2D eigenvalue weighted by atomic mass is 9.91. The molecule has 0 bridgehead atoms. The number of unbranched alkanes of at least 4 members (excludes halogenated alkanes) is 4. The van der Waals surface area contributed by atoms with Crippen LogP contribution >= 0.6 is 0 Å². The van der Waals surface area contributed by atoms with Crippen LogP contribution in [0.1, 0.15) is 68.6 Å². The number of carbonyl (C=O) groups excluding carboxylic acids is 3. The molecule has 184 valence electrons. The van der Waals surface area contributed by atoms with Gasteiger partial charge >= 0.3 is 11.9 Å². The summed E-state index contributed by atoms with van der Waals surface area (Å²) < 4.78 is 11.4. The molecule has 0 amide bonds. The summed E-state index contributed by atoms with van der Waals surface area (Å²) in [6, 6.07) is 17.3. The van der Waals surface area contributed by atoms with Crippen molar-refractivity contribution in [2.24, 2.45) is 11.8 Å². The Kier molecular flexibility index (Phi) is 8.51. The van der Waals surface area contributed by atoms with Gasteiger partial charge in [-0.1, -0.05) is 81.1 Å². The van der Waals surface area contributed by atoms with Crippen molar-refractivity contribution >= 4 is 17.7 Å². The van der Waals surface area contributed by atoms with Gasteiger partial charge in [-0.3, -0.25) is 9.59 Å². The third-order valence-corrected chi connectivity index (χ3v) is 7.07. The van der Waals surface area contributed by atoms with Crippen LogP contribution in [0.3, 0.4) is 0 Å². The highest BCUT2D eigenvalue weighted by atomic mass is 16.6. The molecule has 1 aliphatic heterocycles. The minimum absolute atomic E-state index is 0.0608. The molecule has 2 aromatic rings. The Bertz CT molecular complexity index is 1040. The average Bonchev–Trinajstić information content (AvgIpc) is 3.38. The Morgan fingerprint density at radius 2 is 1.69 bits per heavy atom. The number of hydrogen-bond donors (Lipinski definition) is 0. The summed E-state index contributed by atoms with van der Waals surface area (Å²) in [6.45, 7) is 2.17. The molecule has 4 rings (SSSR count). The van der Waals surface area contributed by atoms with Crippen LogP contribution in [-0.4, -0.2) is 29.9 Å². The maximum atomic E-state index is 12.9.